The van der Waals surface area contributed by atoms with Crippen LogP contribution in [-0.2, 0) is 6.42 Å². The summed E-state index contributed by atoms with van der Waals surface area (Å²) in [6.07, 6.45) is 4.09. The number of hydrogen-bond acceptors (Lipinski definition) is 5. The van der Waals surface area contributed by atoms with Crippen molar-refractivity contribution in [3.05, 3.63) is 45.8 Å². The van der Waals surface area contributed by atoms with E-state index in [1.807, 2.05) is 49.0 Å². The van der Waals surface area contributed by atoms with Gasteiger partial charge in [-0.3, -0.25) is 9.20 Å². The van der Waals surface area contributed by atoms with E-state index in [4.69, 9.17) is 4.74 Å². The van der Waals surface area contributed by atoms with Gasteiger partial charge in [0.15, 0.2) is 17.2 Å². The maximum absolute atomic E-state index is 12.7. The fourth-order valence-corrected chi connectivity index (χ4v) is 3.68. The van der Waals surface area contributed by atoms with Crippen LogP contribution in [0.4, 0.5) is 0 Å². The second-order valence-electron chi connectivity index (χ2n) is 5.68. The van der Waals surface area contributed by atoms with Crippen LogP contribution in [0.2, 0.25) is 0 Å². The molecule has 0 aliphatic rings. The highest BCUT2D eigenvalue weighted by Gasteiger charge is 2.18. The molecule has 5 nitrogen and oxygen atoms in total. The zero-order valence-corrected chi connectivity index (χ0v) is 15.0. The molecule has 0 aromatic carbocycles. The summed E-state index contributed by atoms with van der Waals surface area (Å²) in [5.41, 5.74) is 5.04. The molecule has 3 heterocycles. The maximum atomic E-state index is 12.7. The Labute approximate surface area is 145 Å². The van der Waals surface area contributed by atoms with Crippen molar-refractivity contribution in [3.8, 4) is 5.75 Å². The van der Waals surface area contributed by atoms with Crippen LogP contribution in [-0.4, -0.2) is 26.8 Å². The van der Waals surface area contributed by atoms with Crippen molar-refractivity contribution in [3.63, 3.8) is 0 Å². The number of ether oxygens (including phenoxy) is 1. The number of thiazole rings is 1. The first-order valence-electron chi connectivity index (χ1n) is 8.14. The lowest BCUT2D eigenvalue weighted by Crippen LogP contribution is -2.06. The summed E-state index contributed by atoms with van der Waals surface area (Å²) in [6.45, 7) is 6.40. The molecular weight excluding hydrogens is 322 g/mol. The first-order valence-corrected chi connectivity index (χ1v) is 9.02. The Balaban J connectivity index is 1.78. The smallest absolute Gasteiger partial charge is 0.181 e. The van der Waals surface area contributed by atoms with Gasteiger partial charge in [-0.25, -0.2) is 9.97 Å². The molecule has 6 heteroatoms. The molecule has 0 fully saturated rings. The summed E-state index contributed by atoms with van der Waals surface area (Å²) in [5.74, 6) is 0.832. The van der Waals surface area contributed by atoms with Crippen molar-refractivity contribution in [2.24, 2.45) is 0 Å². The largest absolute Gasteiger partial charge is 0.490 e. The monoisotopic (exact) mass is 343 g/mol. The SMILES string of the molecule is CCOc1cccn2c(C(=O)CCCc3scnc3C)c(C)nc12. The molecule has 0 saturated heterocycles. The second kappa shape index (κ2) is 7.13. The number of carbonyl (C=O) groups is 1. The quantitative estimate of drug-likeness (QED) is 0.608. The number of rotatable bonds is 7. The van der Waals surface area contributed by atoms with E-state index in [9.17, 15) is 4.79 Å². The maximum Gasteiger partial charge on any atom is 0.181 e. The summed E-state index contributed by atoms with van der Waals surface area (Å²) in [4.78, 5) is 22.8. The number of pyridine rings is 1. The minimum Gasteiger partial charge on any atom is -0.490 e. The van der Waals surface area contributed by atoms with E-state index < -0.39 is 0 Å². The molecule has 126 valence electrons. The highest BCUT2D eigenvalue weighted by Crippen LogP contribution is 2.23. The van der Waals surface area contributed by atoms with Crippen LogP contribution in [0, 0.1) is 13.8 Å². The summed E-state index contributed by atoms with van der Waals surface area (Å²) in [7, 11) is 0. The molecule has 3 aromatic rings. The fourth-order valence-electron chi connectivity index (χ4n) is 2.85. The number of aromatic nitrogens is 3. The van der Waals surface area contributed by atoms with Gasteiger partial charge in [0.05, 0.1) is 23.5 Å². The molecule has 0 atom stereocenters. The number of hydrogen-bond donors (Lipinski definition) is 0. The lowest BCUT2D eigenvalue weighted by molar-refractivity contribution is 0.0974. The van der Waals surface area contributed by atoms with E-state index >= 15 is 0 Å². The fraction of sp³-hybridized carbons (Fsp3) is 0.389. The van der Waals surface area contributed by atoms with Crippen molar-refractivity contribution in [1.29, 1.82) is 0 Å². The molecule has 3 aromatic heterocycles. The third-order valence-electron chi connectivity index (χ3n) is 4.01. The number of Topliss-reactive ketones (excluding diaryl/α,β-unsaturated/α-hetero) is 1. The molecule has 0 amide bonds. The van der Waals surface area contributed by atoms with E-state index in [1.165, 1.54) is 4.88 Å². The van der Waals surface area contributed by atoms with E-state index in [0.717, 1.165) is 24.2 Å². The van der Waals surface area contributed by atoms with E-state index in [1.54, 1.807) is 11.3 Å². The Morgan fingerprint density at radius 2 is 2.17 bits per heavy atom. The zero-order chi connectivity index (χ0) is 17.1. The van der Waals surface area contributed by atoms with Crippen molar-refractivity contribution in [1.82, 2.24) is 14.4 Å². The van der Waals surface area contributed by atoms with Crippen LogP contribution in [0.1, 0.15) is 46.5 Å². The molecule has 24 heavy (non-hydrogen) atoms. The molecule has 0 saturated carbocycles. The topological polar surface area (TPSA) is 56.5 Å². The standard InChI is InChI=1S/C18H21N3O2S/c1-4-23-15-8-6-10-21-17(13(3)20-18(15)21)14(22)7-5-9-16-12(2)19-11-24-16/h6,8,10-11H,4-5,7,9H2,1-3H3. The first kappa shape index (κ1) is 16.6. The first-order chi connectivity index (χ1) is 11.6. The molecule has 0 aliphatic heterocycles. The number of carbonyl (C=O) groups excluding carboxylic acids is 1. The van der Waals surface area contributed by atoms with Gasteiger partial charge in [-0.1, -0.05) is 0 Å². The third kappa shape index (κ3) is 3.19. The molecule has 0 radical (unpaired) electrons. The zero-order valence-electron chi connectivity index (χ0n) is 14.2. The number of aryl methyl sites for hydroxylation is 3. The van der Waals surface area contributed by atoms with Gasteiger partial charge in [-0.15, -0.1) is 11.3 Å². The number of fused-ring (bicyclic) bond motifs is 1. The van der Waals surface area contributed by atoms with Crippen LogP contribution in [0.15, 0.2) is 23.8 Å². The van der Waals surface area contributed by atoms with Crippen LogP contribution in [0.25, 0.3) is 5.65 Å². The van der Waals surface area contributed by atoms with Crippen LogP contribution >= 0.6 is 11.3 Å². The Bertz CT molecular complexity index is 866. The van der Waals surface area contributed by atoms with Gasteiger partial charge in [0, 0.05) is 17.5 Å². The molecular formula is C18H21N3O2S. The molecule has 0 spiro atoms. The molecule has 0 unspecified atom stereocenters. The second-order valence-corrected chi connectivity index (χ2v) is 6.62. The summed E-state index contributed by atoms with van der Waals surface area (Å²) in [6, 6.07) is 3.77. The van der Waals surface area contributed by atoms with Crippen molar-refractivity contribution in [2.75, 3.05) is 6.61 Å². The Kier molecular flexibility index (Phi) is 4.94. The van der Waals surface area contributed by atoms with Crippen molar-refractivity contribution in [2.45, 2.75) is 40.0 Å². The van der Waals surface area contributed by atoms with E-state index in [2.05, 4.69) is 9.97 Å². The Hall–Kier alpha value is -2.21. The third-order valence-corrected chi connectivity index (χ3v) is 5.00. The van der Waals surface area contributed by atoms with Gasteiger partial charge < -0.3 is 4.74 Å². The lowest BCUT2D eigenvalue weighted by Gasteiger charge is -2.06. The highest BCUT2D eigenvalue weighted by molar-refractivity contribution is 7.09. The van der Waals surface area contributed by atoms with Crippen LogP contribution in [0.3, 0.4) is 0 Å². The van der Waals surface area contributed by atoms with Crippen molar-refractivity contribution < 1.29 is 9.53 Å². The van der Waals surface area contributed by atoms with Crippen LogP contribution < -0.4 is 4.74 Å². The van der Waals surface area contributed by atoms with Gasteiger partial charge in [-0.2, -0.15) is 0 Å². The average Bonchev–Trinajstić information content (AvgIpc) is 3.11. The van der Waals surface area contributed by atoms with Gasteiger partial charge >= 0.3 is 0 Å². The lowest BCUT2D eigenvalue weighted by atomic mass is 10.1. The number of nitrogens with zero attached hydrogens (tertiary/aromatic N) is 3. The van der Waals surface area contributed by atoms with E-state index in [0.29, 0.717) is 30.1 Å². The van der Waals surface area contributed by atoms with Gasteiger partial charge in [0.25, 0.3) is 0 Å². The van der Waals surface area contributed by atoms with Gasteiger partial charge in [0.2, 0.25) is 0 Å². The van der Waals surface area contributed by atoms with E-state index in [-0.39, 0.29) is 5.78 Å². The number of ketones is 1. The minimum absolute atomic E-state index is 0.121. The average molecular weight is 343 g/mol. The molecule has 0 bridgehead atoms. The molecule has 0 N–H and O–H groups in total. The minimum atomic E-state index is 0.121. The molecule has 3 rings (SSSR count). The Morgan fingerprint density at radius 1 is 1.33 bits per heavy atom. The summed E-state index contributed by atoms with van der Waals surface area (Å²) < 4.78 is 7.46. The summed E-state index contributed by atoms with van der Waals surface area (Å²) >= 11 is 1.66. The molecule has 0 aliphatic carbocycles. The predicted octanol–water partition coefficient (Wildman–Crippen LogP) is 4.01. The van der Waals surface area contributed by atoms with Gasteiger partial charge in [0.1, 0.15) is 5.69 Å². The highest BCUT2D eigenvalue weighted by atomic mass is 32.1. The van der Waals surface area contributed by atoms with Crippen molar-refractivity contribution >= 4 is 22.8 Å². The van der Waals surface area contributed by atoms with Crippen LogP contribution in [0.5, 0.6) is 5.75 Å². The number of imidazole rings is 1. The predicted molar refractivity (Wildman–Crippen MR) is 95.2 cm³/mol. The Morgan fingerprint density at radius 3 is 2.88 bits per heavy atom. The van der Waals surface area contributed by atoms with Gasteiger partial charge in [-0.05, 0) is 45.7 Å². The normalized spacial score (nSPS) is 11.1. The summed E-state index contributed by atoms with van der Waals surface area (Å²) in [5, 5.41) is 0.